The maximum atomic E-state index is 10.9. The number of aromatic nitrogens is 1. The number of hydrogen-bond donors (Lipinski definition) is 0. The number of nitro groups is 1. The number of benzene rings is 3. The van der Waals surface area contributed by atoms with Gasteiger partial charge < -0.3 is 4.90 Å². The zero-order chi connectivity index (χ0) is 19.5. The standard InChI is InChI=1S/C20H15N5O2S/c1-24(15-5-3-2-4-6-15)16-9-7-14(8-10-16)22-23-20-21-18-12-11-17(25(26)27)13-19(18)28-20/h2-13H,1H3. The Morgan fingerprint density at radius 3 is 2.39 bits per heavy atom. The molecule has 4 rings (SSSR count). The largest absolute Gasteiger partial charge is 0.345 e. The minimum atomic E-state index is -0.422. The predicted octanol–water partition coefficient (Wildman–Crippen LogP) is 6.39. The summed E-state index contributed by atoms with van der Waals surface area (Å²) in [5.41, 5.74) is 3.55. The summed E-state index contributed by atoms with van der Waals surface area (Å²) < 4.78 is 0.711. The van der Waals surface area contributed by atoms with Gasteiger partial charge in [-0.25, -0.2) is 4.98 Å². The second-order valence-corrected chi connectivity index (χ2v) is 7.03. The topological polar surface area (TPSA) is 84.0 Å². The van der Waals surface area contributed by atoms with Gasteiger partial charge in [0.25, 0.3) is 5.69 Å². The first-order valence-electron chi connectivity index (χ1n) is 8.46. The molecule has 0 saturated heterocycles. The number of para-hydroxylation sites is 1. The van der Waals surface area contributed by atoms with Gasteiger partial charge in [0, 0.05) is 30.6 Å². The molecule has 4 aromatic rings. The van der Waals surface area contributed by atoms with Crippen LogP contribution in [0.4, 0.5) is 27.9 Å². The molecule has 0 radical (unpaired) electrons. The third-order valence-electron chi connectivity index (χ3n) is 4.20. The van der Waals surface area contributed by atoms with Crippen molar-refractivity contribution < 1.29 is 4.92 Å². The lowest BCUT2D eigenvalue weighted by molar-refractivity contribution is -0.384. The zero-order valence-corrected chi connectivity index (χ0v) is 15.7. The number of azo groups is 1. The Bertz CT molecular complexity index is 1160. The van der Waals surface area contributed by atoms with Crippen LogP contribution >= 0.6 is 11.3 Å². The molecule has 0 amide bonds. The van der Waals surface area contributed by atoms with Gasteiger partial charge in [-0.05, 0) is 42.5 Å². The molecular formula is C20H15N5O2S. The summed E-state index contributed by atoms with van der Waals surface area (Å²) in [5.74, 6) is 0. The van der Waals surface area contributed by atoms with E-state index in [1.807, 2.05) is 61.6 Å². The van der Waals surface area contributed by atoms with Crippen molar-refractivity contribution in [1.82, 2.24) is 4.98 Å². The highest BCUT2D eigenvalue weighted by Gasteiger charge is 2.10. The Balaban J connectivity index is 1.52. The van der Waals surface area contributed by atoms with Crippen LogP contribution in [-0.2, 0) is 0 Å². The highest BCUT2D eigenvalue weighted by molar-refractivity contribution is 7.21. The van der Waals surface area contributed by atoms with Crippen molar-refractivity contribution in [2.24, 2.45) is 10.2 Å². The molecule has 0 fully saturated rings. The first-order chi connectivity index (χ1) is 13.6. The van der Waals surface area contributed by atoms with Crippen molar-refractivity contribution in [3.05, 3.63) is 82.9 Å². The van der Waals surface area contributed by atoms with E-state index in [-0.39, 0.29) is 5.69 Å². The molecule has 138 valence electrons. The zero-order valence-electron chi connectivity index (χ0n) is 14.9. The quantitative estimate of drug-likeness (QED) is 0.225. The number of fused-ring (bicyclic) bond motifs is 1. The highest BCUT2D eigenvalue weighted by Crippen LogP contribution is 2.32. The van der Waals surface area contributed by atoms with E-state index in [1.165, 1.54) is 23.5 Å². The minimum absolute atomic E-state index is 0.0396. The van der Waals surface area contributed by atoms with E-state index in [9.17, 15) is 10.1 Å². The molecule has 0 spiro atoms. The molecule has 1 aromatic heterocycles. The smallest absolute Gasteiger partial charge is 0.270 e. The summed E-state index contributed by atoms with van der Waals surface area (Å²) >= 11 is 1.27. The van der Waals surface area contributed by atoms with Crippen LogP contribution in [-0.4, -0.2) is 17.0 Å². The van der Waals surface area contributed by atoms with E-state index in [2.05, 4.69) is 20.1 Å². The second kappa shape index (κ2) is 7.53. The summed E-state index contributed by atoms with van der Waals surface area (Å²) in [7, 11) is 2.01. The fourth-order valence-corrected chi connectivity index (χ4v) is 3.52. The lowest BCUT2D eigenvalue weighted by Gasteiger charge is -2.19. The van der Waals surface area contributed by atoms with Gasteiger partial charge in [0.2, 0.25) is 5.13 Å². The molecule has 28 heavy (non-hydrogen) atoms. The number of anilines is 2. The Hall–Kier alpha value is -3.65. The van der Waals surface area contributed by atoms with Crippen molar-refractivity contribution in [1.29, 1.82) is 0 Å². The maximum Gasteiger partial charge on any atom is 0.270 e. The molecular weight excluding hydrogens is 374 g/mol. The molecule has 0 bridgehead atoms. The van der Waals surface area contributed by atoms with Crippen LogP contribution in [0.25, 0.3) is 10.2 Å². The Kier molecular flexibility index (Phi) is 4.77. The van der Waals surface area contributed by atoms with Gasteiger partial charge in [-0.3, -0.25) is 10.1 Å². The van der Waals surface area contributed by atoms with Crippen molar-refractivity contribution >= 4 is 49.4 Å². The van der Waals surface area contributed by atoms with Crippen LogP contribution in [0.5, 0.6) is 0 Å². The molecule has 7 nitrogen and oxygen atoms in total. The van der Waals surface area contributed by atoms with E-state index >= 15 is 0 Å². The normalized spacial score (nSPS) is 11.2. The van der Waals surface area contributed by atoms with Gasteiger partial charge in [-0.1, -0.05) is 29.5 Å². The third kappa shape index (κ3) is 3.72. The molecule has 0 aliphatic heterocycles. The van der Waals surface area contributed by atoms with Crippen molar-refractivity contribution in [2.45, 2.75) is 0 Å². The van der Waals surface area contributed by atoms with E-state index in [0.29, 0.717) is 21.0 Å². The number of hydrogen-bond acceptors (Lipinski definition) is 7. The second-order valence-electron chi connectivity index (χ2n) is 6.02. The van der Waals surface area contributed by atoms with Gasteiger partial charge >= 0.3 is 0 Å². The summed E-state index contributed by atoms with van der Waals surface area (Å²) in [5, 5.41) is 19.7. The summed E-state index contributed by atoms with van der Waals surface area (Å²) in [6.45, 7) is 0. The lowest BCUT2D eigenvalue weighted by atomic mass is 10.2. The van der Waals surface area contributed by atoms with Crippen LogP contribution < -0.4 is 4.90 Å². The van der Waals surface area contributed by atoms with E-state index < -0.39 is 4.92 Å². The molecule has 0 N–H and O–H groups in total. The first-order valence-corrected chi connectivity index (χ1v) is 9.27. The molecule has 0 unspecified atom stereocenters. The third-order valence-corrected chi connectivity index (χ3v) is 5.11. The van der Waals surface area contributed by atoms with Gasteiger partial charge in [0.1, 0.15) is 0 Å². The minimum Gasteiger partial charge on any atom is -0.345 e. The van der Waals surface area contributed by atoms with Crippen LogP contribution in [0.1, 0.15) is 0 Å². The van der Waals surface area contributed by atoms with Crippen LogP contribution in [0.15, 0.2) is 83.0 Å². The first kappa shape index (κ1) is 17.7. The average Bonchev–Trinajstić information content (AvgIpc) is 3.15. The number of nitrogens with zero attached hydrogens (tertiary/aromatic N) is 5. The van der Waals surface area contributed by atoms with Crippen LogP contribution in [0, 0.1) is 10.1 Å². The molecule has 0 aliphatic rings. The van der Waals surface area contributed by atoms with E-state index in [4.69, 9.17) is 0 Å². The van der Waals surface area contributed by atoms with Gasteiger partial charge in [-0.2, -0.15) is 0 Å². The monoisotopic (exact) mass is 389 g/mol. The Morgan fingerprint density at radius 1 is 0.964 bits per heavy atom. The summed E-state index contributed by atoms with van der Waals surface area (Å²) in [6.07, 6.45) is 0. The molecule has 0 atom stereocenters. The van der Waals surface area contributed by atoms with Crippen molar-refractivity contribution in [3.63, 3.8) is 0 Å². The number of nitro benzene ring substituents is 1. The van der Waals surface area contributed by atoms with Gasteiger partial charge in [0.05, 0.1) is 20.8 Å². The average molecular weight is 389 g/mol. The van der Waals surface area contributed by atoms with Gasteiger partial charge in [-0.15, -0.1) is 10.2 Å². The summed E-state index contributed by atoms with van der Waals surface area (Å²) in [4.78, 5) is 16.9. The molecule has 0 saturated carbocycles. The SMILES string of the molecule is CN(c1ccccc1)c1ccc(N=Nc2nc3ccc([N+](=O)[O-])cc3s2)cc1. The Morgan fingerprint density at radius 2 is 1.68 bits per heavy atom. The van der Waals surface area contributed by atoms with E-state index in [1.54, 1.807) is 6.07 Å². The number of thiazole rings is 1. The van der Waals surface area contributed by atoms with Crippen LogP contribution in [0.2, 0.25) is 0 Å². The van der Waals surface area contributed by atoms with Crippen LogP contribution in [0.3, 0.4) is 0 Å². The fourth-order valence-electron chi connectivity index (χ4n) is 2.70. The Labute approximate surface area is 164 Å². The van der Waals surface area contributed by atoms with Crippen molar-refractivity contribution in [3.8, 4) is 0 Å². The predicted molar refractivity (Wildman–Crippen MR) is 111 cm³/mol. The van der Waals surface area contributed by atoms with Gasteiger partial charge in [0.15, 0.2) is 0 Å². The molecule has 8 heteroatoms. The fraction of sp³-hybridized carbons (Fsp3) is 0.0500. The highest BCUT2D eigenvalue weighted by atomic mass is 32.1. The number of rotatable bonds is 5. The molecule has 1 heterocycles. The van der Waals surface area contributed by atoms with E-state index in [0.717, 1.165) is 11.4 Å². The molecule has 0 aliphatic carbocycles. The number of non-ortho nitro benzene ring substituents is 1. The van der Waals surface area contributed by atoms with Crippen molar-refractivity contribution in [2.75, 3.05) is 11.9 Å². The lowest BCUT2D eigenvalue weighted by Crippen LogP contribution is -2.08. The summed E-state index contributed by atoms with van der Waals surface area (Å²) in [6, 6.07) is 22.4. The maximum absolute atomic E-state index is 10.9. The molecule has 3 aromatic carbocycles.